The number of aromatic nitrogens is 2. The first-order valence-electron chi connectivity index (χ1n) is 9.16. The van der Waals surface area contributed by atoms with Crippen LogP contribution < -0.4 is 16.0 Å². The summed E-state index contributed by atoms with van der Waals surface area (Å²) in [5, 5.41) is 14.4. The Bertz CT molecular complexity index is 863. The highest BCUT2D eigenvalue weighted by Gasteiger charge is 2.40. The third-order valence-electron chi connectivity index (χ3n) is 5.15. The van der Waals surface area contributed by atoms with Gasteiger partial charge < -0.3 is 10.6 Å². The van der Waals surface area contributed by atoms with Crippen molar-refractivity contribution in [1.82, 2.24) is 20.4 Å². The second kappa shape index (κ2) is 7.32. The van der Waals surface area contributed by atoms with Crippen molar-refractivity contribution in [3.8, 4) is 0 Å². The molecule has 1 aliphatic carbocycles. The largest absolute Gasteiger partial charge is 0.322 e. The minimum Gasteiger partial charge on any atom is -0.322 e. The van der Waals surface area contributed by atoms with Crippen molar-refractivity contribution in [2.45, 2.75) is 44.9 Å². The Kier molecular flexibility index (Phi) is 4.88. The molecule has 1 saturated heterocycles. The molecule has 2 aromatic rings. The zero-order valence-corrected chi connectivity index (χ0v) is 15.8. The van der Waals surface area contributed by atoms with Gasteiger partial charge in [0.05, 0.1) is 18.0 Å². The van der Waals surface area contributed by atoms with Crippen LogP contribution in [-0.2, 0) is 16.0 Å². The number of amides is 2. The van der Waals surface area contributed by atoms with Gasteiger partial charge in [-0.1, -0.05) is 30.2 Å². The molecule has 142 valence electrons. The van der Waals surface area contributed by atoms with E-state index in [0.29, 0.717) is 10.8 Å². The van der Waals surface area contributed by atoms with Crippen LogP contribution in [0.2, 0.25) is 5.02 Å². The lowest BCUT2D eigenvalue weighted by Gasteiger charge is -2.34. The molecule has 2 fully saturated rings. The van der Waals surface area contributed by atoms with Crippen LogP contribution in [0, 0.1) is 12.8 Å². The lowest BCUT2D eigenvalue weighted by molar-refractivity contribution is -0.130. The van der Waals surface area contributed by atoms with Gasteiger partial charge in [-0.25, -0.2) is 4.68 Å². The molecule has 3 unspecified atom stereocenters. The van der Waals surface area contributed by atoms with Crippen LogP contribution in [0.15, 0.2) is 30.3 Å². The quantitative estimate of drug-likeness (QED) is 0.751. The van der Waals surface area contributed by atoms with Crippen molar-refractivity contribution in [3.05, 3.63) is 46.6 Å². The Morgan fingerprint density at radius 2 is 2.11 bits per heavy atom. The van der Waals surface area contributed by atoms with Crippen molar-refractivity contribution in [2.24, 2.45) is 5.92 Å². The highest BCUT2D eigenvalue weighted by molar-refractivity contribution is 6.30. The maximum Gasteiger partial charge on any atom is 0.229 e. The Labute approximate surface area is 162 Å². The summed E-state index contributed by atoms with van der Waals surface area (Å²) in [7, 11) is 0. The van der Waals surface area contributed by atoms with Gasteiger partial charge in [-0.15, -0.1) is 0 Å². The molecule has 1 aromatic heterocycles. The fraction of sp³-hybridized carbons (Fsp3) is 0.421. The van der Waals surface area contributed by atoms with E-state index >= 15 is 0 Å². The maximum atomic E-state index is 12.5. The molecule has 27 heavy (non-hydrogen) atoms. The summed E-state index contributed by atoms with van der Waals surface area (Å²) in [6.45, 7) is 1.86. The van der Waals surface area contributed by atoms with E-state index in [9.17, 15) is 9.59 Å². The van der Waals surface area contributed by atoms with Crippen LogP contribution in [-0.4, -0.2) is 27.6 Å². The number of benzene rings is 1. The summed E-state index contributed by atoms with van der Waals surface area (Å²) in [5.74, 6) is 0.480. The second-order valence-electron chi connectivity index (χ2n) is 7.19. The first kappa shape index (κ1) is 18.0. The van der Waals surface area contributed by atoms with E-state index in [0.717, 1.165) is 30.5 Å². The zero-order chi connectivity index (χ0) is 19.0. The number of fused-ring (bicyclic) bond motifs is 1. The molecule has 0 radical (unpaired) electrons. The number of halogens is 1. The predicted molar refractivity (Wildman–Crippen MR) is 102 cm³/mol. The Hall–Kier alpha value is -2.38. The lowest BCUT2D eigenvalue weighted by Crippen LogP contribution is -2.57. The fourth-order valence-electron chi connectivity index (χ4n) is 3.87. The number of aryl methyl sites for hydroxylation is 1. The molecular weight excluding hydrogens is 366 g/mol. The molecule has 1 aromatic carbocycles. The van der Waals surface area contributed by atoms with Crippen LogP contribution in [0.5, 0.6) is 0 Å². The third-order valence-corrected chi connectivity index (χ3v) is 5.40. The van der Waals surface area contributed by atoms with Gasteiger partial charge in [-0.3, -0.25) is 14.9 Å². The minimum absolute atomic E-state index is 0.0286. The molecular formula is C19H22ClN5O2. The van der Waals surface area contributed by atoms with Gasteiger partial charge in [0.1, 0.15) is 5.82 Å². The number of hydrogen-bond acceptors (Lipinski definition) is 4. The van der Waals surface area contributed by atoms with E-state index in [2.05, 4.69) is 21.0 Å². The summed E-state index contributed by atoms with van der Waals surface area (Å²) >= 11 is 5.88. The van der Waals surface area contributed by atoms with Gasteiger partial charge in [-0.05, 0) is 37.5 Å². The molecule has 3 atom stereocenters. The molecule has 1 aliphatic heterocycles. The fourth-order valence-corrected chi connectivity index (χ4v) is 4.00. The van der Waals surface area contributed by atoms with Crippen molar-refractivity contribution < 1.29 is 9.59 Å². The molecule has 4 rings (SSSR count). The first-order chi connectivity index (χ1) is 13.0. The topological polar surface area (TPSA) is 88.0 Å². The maximum absolute atomic E-state index is 12.5. The van der Waals surface area contributed by atoms with Gasteiger partial charge in [0.15, 0.2) is 6.29 Å². The SMILES string of the molecule is Cc1cc(NC(=O)Cc2ccc(Cl)cc2)n(C2NC(=O)C3CCCC3N2)n1. The second-order valence-corrected chi connectivity index (χ2v) is 7.63. The summed E-state index contributed by atoms with van der Waals surface area (Å²) in [4.78, 5) is 24.8. The van der Waals surface area contributed by atoms with Gasteiger partial charge >= 0.3 is 0 Å². The van der Waals surface area contributed by atoms with Crippen molar-refractivity contribution in [1.29, 1.82) is 0 Å². The Balaban J connectivity index is 1.48. The molecule has 0 spiro atoms. The molecule has 2 heterocycles. The first-order valence-corrected chi connectivity index (χ1v) is 9.54. The van der Waals surface area contributed by atoms with Gasteiger partial charge in [0.25, 0.3) is 0 Å². The van der Waals surface area contributed by atoms with E-state index in [1.54, 1.807) is 22.9 Å². The zero-order valence-electron chi connectivity index (χ0n) is 15.0. The highest BCUT2D eigenvalue weighted by atomic mass is 35.5. The normalized spacial score (nSPS) is 24.4. The van der Waals surface area contributed by atoms with Crippen LogP contribution >= 0.6 is 11.6 Å². The monoisotopic (exact) mass is 387 g/mol. The van der Waals surface area contributed by atoms with E-state index in [1.807, 2.05) is 19.1 Å². The van der Waals surface area contributed by atoms with Crippen LogP contribution in [0.25, 0.3) is 0 Å². The Morgan fingerprint density at radius 3 is 2.89 bits per heavy atom. The minimum atomic E-state index is -0.462. The van der Waals surface area contributed by atoms with Gasteiger partial charge in [0, 0.05) is 17.1 Å². The van der Waals surface area contributed by atoms with E-state index < -0.39 is 6.29 Å². The molecule has 3 N–H and O–H groups in total. The number of nitrogens with zero attached hydrogens (tertiary/aromatic N) is 2. The van der Waals surface area contributed by atoms with E-state index in [1.165, 1.54) is 0 Å². The lowest BCUT2D eigenvalue weighted by atomic mass is 10.0. The average Bonchev–Trinajstić information content (AvgIpc) is 3.23. The summed E-state index contributed by atoms with van der Waals surface area (Å²) < 4.78 is 1.64. The van der Waals surface area contributed by atoms with Gasteiger partial charge in [0.2, 0.25) is 11.8 Å². The summed E-state index contributed by atoms with van der Waals surface area (Å²) in [6, 6.07) is 9.14. The molecule has 2 amide bonds. The number of anilines is 1. The Morgan fingerprint density at radius 1 is 1.33 bits per heavy atom. The number of hydrogen-bond donors (Lipinski definition) is 3. The average molecular weight is 388 g/mol. The van der Waals surface area contributed by atoms with E-state index in [-0.39, 0.29) is 30.2 Å². The molecule has 0 bridgehead atoms. The molecule has 8 heteroatoms. The standard InChI is InChI=1S/C19H22ClN5O2/c1-11-9-16(22-17(26)10-12-5-7-13(20)8-6-12)25(24-11)19-21-15-4-2-3-14(15)18(27)23-19/h5-9,14-15,19,21H,2-4,10H2,1H3,(H,22,26)(H,23,27). The van der Waals surface area contributed by atoms with Gasteiger partial charge in [-0.2, -0.15) is 5.10 Å². The van der Waals surface area contributed by atoms with Crippen molar-refractivity contribution >= 4 is 29.2 Å². The van der Waals surface area contributed by atoms with E-state index in [4.69, 9.17) is 11.6 Å². The summed E-state index contributed by atoms with van der Waals surface area (Å²) in [6.07, 6.45) is 2.71. The smallest absolute Gasteiger partial charge is 0.229 e. The van der Waals surface area contributed by atoms with Crippen LogP contribution in [0.4, 0.5) is 5.82 Å². The summed E-state index contributed by atoms with van der Waals surface area (Å²) in [5.41, 5.74) is 1.64. The highest BCUT2D eigenvalue weighted by Crippen LogP contribution is 2.30. The number of carbonyl (C=O) groups is 2. The van der Waals surface area contributed by atoms with Crippen molar-refractivity contribution in [3.63, 3.8) is 0 Å². The van der Waals surface area contributed by atoms with Crippen LogP contribution in [0.3, 0.4) is 0 Å². The van der Waals surface area contributed by atoms with Crippen LogP contribution in [0.1, 0.15) is 36.8 Å². The van der Waals surface area contributed by atoms with Crippen molar-refractivity contribution in [2.75, 3.05) is 5.32 Å². The molecule has 2 aliphatic rings. The number of nitrogens with one attached hydrogen (secondary N) is 3. The third kappa shape index (κ3) is 3.84. The number of carbonyl (C=O) groups excluding carboxylic acids is 2. The number of rotatable bonds is 4. The molecule has 7 nitrogen and oxygen atoms in total. The predicted octanol–water partition coefficient (Wildman–Crippen LogP) is 2.37. The molecule has 1 saturated carbocycles.